The predicted molar refractivity (Wildman–Crippen MR) is 64.4 cm³/mol. The van der Waals surface area contributed by atoms with Crippen LogP contribution in [0.4, 0.5) is 4.39 Å². The zero-order valence-electron chi connectivity index (χ0n) is 10.2. The number of carbonyl (C=O) groups is 2. The summed E-state index contributed by atoms with van der Waals surface area (Å²) in [5, 5.41) is 18.7. The standard InChI is InChI=1S/C13H14FNO4/c14-8-4-5-9(11(16)7-8)12(17)15-6-2-1-3-10(15)13(18)19/h4-5,7,10,16H,1-3,6H2,(H,18,19). The van der Waals surface area contributed by atoms with E-state index >= 15 is 0 Å². The maximum Gasteiger partial charge on any atom is 0.326 e. The molecule has 1 heterocycles. The maximum absolute atomic E-state index is 12.9. The monoisotopic (exact) mass is 267 g/mol. The Morgan fingerprint density at radius 2 is 2.05 bits per heavy atom. The number of hydrogen-bond donors (Lipinski definition) is 2. The minimum Gasteiger partial charge on any atom is -0.507 e. The Hall–Kier alpha value is -2.11. The van der Waals surface area contributed by atoms with Gasteiger partial charge in [0.1, 0.15) is 17.6 Å². The van der Waals surface area contributed by atoms with Crippen LogP contribution in [0.15, 0.2) is 18.2 Å². The third-order valence-electron chi connectivity index (χ3n) is 3.24. The minimum absolute atomic E-state index is 0.0745. The van der Waals surface area contributed by atoms with Gasteiger partial charge in [-0.2, -0.15) is 0 Å². The number of carbonyl (C=O) groups excluding carboxylic acids is 1. The van der Waals surface area contributed by atoms with E-state index in [-0.39, 0.29) is 5.56 Å². The molecule has 0 spiro atoms. The van der Waals surface area contributed by atoms with Gasteiger partial charge in [-0.05, 0) is 31.4 Å². The highest BCUT2D eigenvalue weighted by Gasteiger charge is 2.33. The van der Waals surface area contributed by atoms with Crippen molar-refractivity contribution in [2.45, 2.75) is 25.3 Å². The first-order valence-electron chi connectivity index (χ1n) is 6.03. The van der Waals surface area contributed by atoms with Gasteiger partial charge in [0.05, 0.1) is 5.56 Å². The number of aromatic hydroxyl groups is 1. The van der Waals surface area contributed by atoms with Gasteiger partial charge in [0.2, 0.25) is 0 Å². The third kappa shape index (κ3) is 2.67. The fraction of sp³-hybridized carbons (Fsp3) is 0.385. The molecule has 1 unspecified atom stereocenters. The van der Waals surface area contributed by atoms with Gasteiger partial charge in [-0.3, -0.25) is 4.79 Å². The lowest BCUT2D eigenvalue weighted by Crippen LogP contribution is -2.48. The Morgan fingerprint density at radius 3 is 2.68 bits per heavy atom. The molecule has 2 N–H and O–H groups in total. The Bertz CT molecular complexity index is 517. The fourth-order valence-electron chi connectivity index (χ4n) is 2.27. The van der Waals surface area contributed by atoms with Crippen LogP contribution in [-0.2, 0) is 4.79 Å². The lowest BCUT2D eigenvalue weighted by Gasteiger charge is -2.33. The van der Waals surface area contributed by atoms with Crippen LogP contribution in [0.5, 0.6) is 5.75 Å². The molecule has 19 heavy (non-hydrogen) atoms. The van der Waals surface area contributed by atoms with E-state index in [1.807, 2.05) is 0 Å². The molecule has 0 aliphatic carbocycles. The van der Waals surface area contributed by atoms with Crippen molar-refractivity contribution in [3.63, 3.8) is 0 Å². The van der Waals surface area contributed by atoms with E-state index in [9.17, 15) is 19.1 Å². The highest BCUT2D eigenvalue weighted by atomic mass is 19.1. The third-order valence-corrected chi connectivity index (χ3v) is 3.24. The van der Waals surface area contributed by atoms with E-state index in [0.29, 0.717) is 13.0 Å². The van der Waals surface area contributed by atoms with Crippen LogP contribution in [0.1, 0.15) is 29.6 Å². The number of carboxylic acids is 1. The molecule has 1 fully saturated rings. The molecule has 0 saturated carbocycles. The van der Waals surface area contributed by atoms with Gasteiger partial charge in [0, 0.05) is 12.6 Å². The van der Waals surface area contributed by atoms with Crippen molar-refractivity contribution in [1.29, 1.82) is 0 Å². The summed E-state index contributed by atoms with van der Waals surface area (Å²) in [7, 11) is 0. The van der Waals surface area contributed by atoms with Gasteiger partial charge in [0.15, 0.2) is 0 Å². The van der Waals surface area contributed by atoms with E-state index in [4.69, 9.17) is 5.11 Å². The zero-order valence-corrected chi connectivity index (χ0v) is 10.2. The smallest absolute Gasteiger partial charge is 0.326 e. The summed E-state index contributed by atoms with van der Waals surface area (Å²) in [5.41, 5.74) is -0.0745. The molecule has 1 aliphatic heterocycles. The molecule has 0 radical (unpaired) electrons. The number of benzene rings is 1. The lowest BCUT2D eigenvalue weighted by molar-refractivity contribution is -0.143. The van der Waals surface area contributed by atoms with Crippen molar-refractivity contribution in [3.05, 3.63) is 29.6 Å². The van der Waals surface area contributed by atoms with Crippen LogP contribution in [0.25, 0.3) is 0 Å². The molecule has 0 bridgehead atoms. The quantitative estimate of drug-likeness (QED) is 0.853. The molecule has 0 aromatic heterocycles. The van der Waals surface area contributed by atoms with E-state index < -0.39 is 29.5 Å². The largest absolute Gasteiger partial charge is 0.507 e. The number of piperidine rings is 1. The number of phenolic OH excluding ortho intramolecular Hbond substituents is 1. The van der Waals surface area contributed by atoms with Crippen molar-refractivity contribution < 1.29 is 24.2 Å². The number of aliphatic carboxylic acids is 1. The average molecular weight is 267 g/mol. The van der Waals surface area contributed by atoms with Crippen LogP contribution in [0.3, 0.4) is 0 Å². The molecule has 1 aromatic carbocycles. The number of hydrogen-bond acceptors (Lipinski definition) is 3. The Kier molecular flexibility index (Phi) is 3.69. The molecular formula is C13H14FNO4. The zero-order chi connectivity index (χ0) is 14.0. The molecule has 1 saturated heterocycles. The van der Waals surface area contributed by atoms with Crippen LogP contribution in [-0.4, -0.2) is 39.6 Å². The van der Waals surface area contributed by atoms with Crippen molar-refractivity contribution in [2.75, 3.05) is 6.54 Å². The van der Waals surface area contributed by atoms with Crippen molar-refractivity contribution in [1.82, 2.24) is 4.90 Å². The summed E-state index contributed by atoms with van der Waals surface area (Å²) in [6, 6.07) is 2.19. The first-order valence-corrected chi connectivity index (χ1v) is 6.03. The summed E-state index contributed by atoms with van der Waals surface area (Å²) < 4.78 is 12.9. The van der Waals surface area contributed by atoms with Gasteiger partial charge in [-0.15, -0.1) is 0 Å². The predicted octanol–water partition coefficient (Wildman–Crippen LogP) is 1.61. The van der Waals surface area contributed by atoms with Gasteiger partial charge in [0.25, 0.3) is 5.91 Å². The summed E-state index contributed by atoms with van der Waals surface area (Å²) in [6.07, 6.45) is 1.86. The number of phenols is 1. The maximum atomic E-state index is 12.9. The van der Waals surface area contributed by atoms with Crippen LogP contribution < -0.4 is 0 Å². The topological polar surface area (TPSA) is 77.8 Å². The molecule has 1 amide bonds. The normalized spacial score (nSPS) is 19.2. The summed E-state index contributed by atoms with van der Waals surface area (Å²) in [5.74, 6) is -2.76. The van der Waals surface area contributed by atoms with Gasteiger partial charge < -0.3 is 15.1 Å². The molecule has 1 atom stereocenters. The highest BCUT2D eigenvalue weighted by molar-refractivity contribution is 5.98. The number of carboxylic acid groups (broad SMARTS) is 1. The van der Waals surface area contributed by atoms with E-state index in [0.717, 1.165) is 25.0 Å². The molecule has 2 rings (SSSR count). The minimum atomic E-state index is -1.06. The summed E-state index contributed by atoms with van der Waals surface area (Å²) >= 11 is 0. The lowest BCUT2D eigenvalue weighted by atomic mass is 10.0. The summed E-state index contributed by atoms with van der Waals surface area (Å²) in [4.78, 5) is 24.6. The molecule has 6 heteroatoms. The first kappa shape index (κ1) is 13.3. The molecular weight excluding hydrogens is 253 g/mol. The van der Waals surface area contributed by atoms with E-state index in [1.54, 1.807) is 0 Å². The second-order valence-corrected chi connectivity index (χ2v) is 4.51. The highest BCUT2D eigenvalue weighted by Crippen LogP contribution is 2.24. The Balaban J connectivity index is 2.28. The van der Waals surface area contributed by atoms with E-state index in [2.05, 4.69) is 0 Å². The van der Waals surface area contributed by atoms with Gasteiger partial charge >= 0.3 is 5.97 Å². The van der Waals surface area contributed by atoms with Crippen molar-refractivity contribution >= 4 is 11.9 Å². The van der Waals surface area contributed by atoms with Crippen molar-refractivity contribution in [2.24, 2.45) is 0 Å². The second kappa shape index (κ2) is 5.26. The number of halogens is 1. The molecule has 1 aliphatic rings. The van der Waals surface area contributed by atoms with Crippen molar-refractivity contribution in [3.8, 4) is 5.75 Å². The van der Waals surface area contributed by atoms with E-state index in [1.165, 1.54) is 11.0 Å². The van der Waals surface area contributed by atoms with Crippen LogP contribution in [0, 0.1) is 5.82 Å². The first-order chi connectivity index (χ1) is 9.00. The molecule has 5 nitrogen and oxygen atoms in total. The Labute approximate surface area is 109 Å². The second-order valence-electron chi connectivity index (χ2n) is 4.51. The number of amides is 1. The van der Waals surface area contributed by atoms with Gasteiger partial charge in [-0.25, -0.2) is 9.18 Å². The average Bonchev–Trinajstić information content (AvgIpc) is 2.38. The number of nitrogens with zero attached hydrogens (tertiary/aromatic N) is 1. The number of likely N-dealkylation sites (tertiary alicyclic amines) is 1. The fourth-order valence-corrected chi connectivity index (χ4v) is 2.27. The Morgan fingerprint density at radius 1 is 1.32 bits per heavy atom. The number of rotatable bonds is 2. The molecule has 102 valence electrons. The van der Waals surface area contributed by atoms with Crippen LogP contribution in [0.2, 0.25) is 0 Å². The van der Waals surface area contributed by atoms with Crippen LogP contribution >= 0.6 is 0 Å². The summed E-state index contributed by atoms with van der Waals surface area (Å²) in [6.45, 7) is 0.326. The van der Waals surface area contributed by atoms with Gasteiger partial charge in [-0.1, -0.05) is 0 Å². The molecule has 1 aromatic rings. The SMILES string of the molecule is O=C(O)C1CCCCN1C(=O)c1ccc(F)cc1O.